The molecule has 2 fully saturated rings. The average Bonchev–Trinajstić information content (AvgIpc) is 3.41. The number of pyridine rings is 2. The van der Waals surface area contributed by atoms with E-state index < -0.39 is 11.7 Å². The van der Waals surface area contributed by atoms with Crippen LogP contribution in [0, 0.1) is 5.82 Å². The molecule has 41 heavy (non-hydrogen) atoms. The van der Waals surface area contributed by atoms with Gasteiger partial charge in [0.05, 0.1) is 23.8 Å². The van der Waals surface area contributed by atoms with E-state index >= 15 is 0 Å². The molecular weight excluding hydrogens is 523 g/mol. The summed E-state index contributed by atoms with van der Waals surface area (Å²) < 4.78 is 15.7. The fourth-order valence-corrected chi connectivity index (χ4v) is 5.60. The highest BCUT2D eigenvalue weighted by Gasteiger charge is 2.22. The quantitative estimate of drug-likeness (QED) is 0.200. The maximum Gasteiger partial charge on any atom is 0.276 e. The van der Waals surface area contributed by atoms with E-state index in [1.165, 1.54) is 42.2 Å². The second kappa shape index (κ2) is 12.0. The van der Waals surface area contributed by atoms with Crippen molar-refractivity contribution < 1.29 is 9.18 Å². The number of fused-ring (bicyclic) bond motifs is 1. The van der Waals surface area contributed by atoms with Crippen molar-refractivity contribution in [2.24, 2.45) is 5.73 Å². The van der Waals surface area contributed by atoms with Crippen molar-refractivity contribution in [2.75, 3.05) is 21.3 Å². The molecule has 0 radical (unpaired) electrons. The number of nitrogens with two attached hydrogens (primary N) is 1. The molecule has 214 valence electrons. The third-order valence-electron chi connectivity index (χ3n) is 7.81. The highest BCUT2D eigenvalue weighted by molar-refractivity contribution is 6.03. The molecule has 2 saturated carbocycles. The maximum absolute atomic E-state index is 14.2. The van der Waals surface area contributed by atoms with Crippen LogP contribution < -0.4 is 27.0 Å². The van der Waals surface area contributed by atoms with Gasteiger partial charge in [-0.15, -0.1) is 5.10 Å². The largest absolute Gasteiger partial charge is 0.367 e. The van der Waals surface area contributed by atoms with Crippen LogP contribution in [0.25, 0.3) is 5.65 Å². The molecule has 1 amide bonds. The SMILES string of the molecule is N[C@H]1CC[C@H](Nc2cc(Nc3cccc(NC4CCCCC4)n3)c3ncc(C(=O)Nc4ccncc4F)n3n2)CC1. The molecule has 0 aliphatic heterocycles. The Labute approximate surface area is 237 Å². The Bertz CT molecular complexity index is 1510. The molecule has 0 aromatic carbocycles. The molecule has 12 heteroatoms. The monoisotopic (exact) mass is 558 g/mol. The number of nitrogens with zero attached hydrogens (tertiary/aromatic N) is 5. The lowest BCUT2D eigenvalue weighted by atomic mass is 9.92. The van der Waals surface area contributed by atoms with Crippen molar-refractivity contribution in [3.05, 3.63) is 60.4 Å². The van der Waals surface area contributed by atoms with Crippen molar-refractivity contribution in [1.29, 1.82) is 0 Å². The Hall–Kier alpha value is -4.32. The van der Waals surface area contributed by atoms with Gasteiger partial charge < -0.3 is 27.0 Å². The van der Waals surface area contributed by atoms with Crippen molar-refractivity contribution in [3.63, 3.8) is 0 Å². The number of imidazole rings is 1. The Kier molecular flexibility index (Phi) is 7.90. The lowest BCUT2D eigenvalue weighted by Gasteiger charge is -2.27. The third-order valence-corrected chi connectivity index (χ3v) is 7.81. The van der Waals surface area contributed by atoms with E-state index in [1.807, 2.05) is 24.3 Å². The normalized spacial score (nSPS) is 19.6. The summed E-state index contributed by atoms with van der Waals surface area (Å²) >= 11 is 0. The van der Waals surface area contributed by atoms with Crippen LogP contribution in [0.15, 0.2) is 48.9 Å². The summed E-state index contributed by atoms with van der Waals surface area (Å²) in [5.74, 6) is 0.862. The van der Waals surface area contributed by atoms with Gasteiger partial charge in [0, 0.05) is 30.4 Å². The lowest BCUT2D eigenvalue weighted by molar-refractivity contribution is 0.102. The molecule has 6 N–H and O–H groups in total. The van der Waals surface area contributed by atoms with Gasteiger partial charge in [-0.1, -0.05) is 25.3 Å². The van der Waals surface area contributed by atoms with Gasteiger partial charge in [0.25, 0.3) is 5.91 Å². The number of halogens is 1. The first-order valence-electron chi connectivity index (χ1n) is 14.3. The molecule has 0 spiro atoms. The topological polar surface area (TPSA) is 147 Å². The van der Waals surface area contributed by atoms with Crippen LogP contribution in [0.5, 0.6) is 0 Å². The van der Waals surface area contributed by atoms with Crippen LogP contribution in [0.4, 0.5) is 33.2 Å². The van der Waals surface area contributed by atoms with Gasteiger partial charge in [-0.25, -0.2) is 18.9 Å². The Morgan fingerprint density at radius 2 is 1.66 bits per heavy atom. The zero-order chi connectivity index (χ0) is 28.2. The molecule has 0 atom stereocenters. The fraction of sp³-hybridized carbons (Fsp3) is 0.414. The van der Waals surface area contributed by atoms with E-state index in [4.69, 9.17) is 15.8 Å². The molecule has 2 aliphatic carbocycles. The Balaban J connectivity index is 1.30. The van der Waals surface area contributed by atoms with Crippen LogP contribution in [0.2, 0.25) is 0 Å². The van der Waals surface area contributed by atoms with Gasteiger partial charge in [0.2, 0.25) is 0 Å². The number of aromatic nitrogens is 5. The highest BCUT2D eigenvalue weighted by atomic mass is 19.1. The lowest BCUT2D eigenvalue weighted by Crippen LogP contribution is -2.33. The second-order valence-electron chi connectivity index (χ2n) is 10.9. The predicted molar refractivity (Wildman–Crippen MR) is 157 cm³/mol. The first-order chi connectivity index (χ1) is 20.0. The van der Waals surface area contributed by atoms with Gasteiger partial charge in [-0.2, -0.15) is 0 Å². The molecule has 6 rings (SSSR count). The molecule has 4 aromatic heterocycles. The summed E-state index contributed by atoms with van der Waals surface area (Å²) in [5.41, 5.74) is 7.36. The number of amides is 1. The third kappa shape index (κ3) is 6.37. The van der Waals surface area contributed by atoms with E-state index in [-0.39, 0.29) is 23.5 Å². The second-order valence-corrected chi connectivity index (χ2v) is 10.9. The zero-order valence-electron chi connectivity index (χ0n) is 22.8. The summed E-state index contributed by atoms with van der Waals surface area (Å²) in [4.78, 5) is 26.2. The number of hydrogen-bond donors (Lipinski definition) is 5. The van der Waals surface area contributed by atoms with Crippen molar-refractivity contribution in [1.82, 2.24) is 24.6 Å². The van der Waals surface area contributed by atoms with Crippen LogP contribution >= 0.6 is 0 Å². The van der Waals surface area contributed by atoms with Gasteiger partial charge in [-0.3, -0.25) is 9.78 Å². The molecule has 0 bridgehead atoms. The summed E-state index contributed by atoms with van der Waals surface area (Å²) in [6.45, 7) is 0. The van der Waals surface area contributed by atoms with Gasteiger partial charge in [0.1, 0.15) is 17.5 Å². The summed E-state index contributed by atoms with van der Waals surface area (Å²) in [6.07, 6.45) is 13.7. The first-order valence-corrected chi connectivity index (χ1v) is 14.3. The predicted octanol–water partition coefficient (Wildman–Crippen LogP) is 5.08. The number of rotatable bonds is 8. The molecule has 4 aromatic rings. The molecule has 0 saturated heterocycles. The van der Waals surface area contributed by atoms with E-state index in [9.17, 15) is 9.18 Å². The van der Waals surface area contributed by atoms with Crippen LogP contribution in [-0.4, -0.2) is 48.6 Å². The molecule has 0 unspecified atom stereocenters. The Morgan fingerprint density at radius 3 is 2.46 bits per heavy atom. The number of hydrogen-bond acceptors (Lipinski definition) is 9. The first kappa shape index (κ1) is 26.9. The van der Waals surface area contributed by atoms with E-state index in [2.05, 4.69) is 31.2 Å². The average molecular weight is 559 g/mol. The van der Waals surface area contributed by atoms with Gasteiger partial charge in [0.15, 0.2) is 17.2 Å². The number of carbonyl (C=O) groups is 1. The van der Waals surface area contributed by atoms with Crippen LogP contribution in [-0.2, 0) is 0 Å². The van der Waals surface area contributed by atoms with Gasteiger partial charge in [-0.05, 0) is 56.7 Å². The standard InChI is InChI=1S/C29H35FN10O/c30-21-16-32-14-13-22(21)37-29(41)24-17-33-28-23(15-27(39-40(24)28)35-20-11-9-18(31)10-12-20)36-26-8-4-7-25(38-26)34-19-5-2-1-3-6-19/h4,7-8,13-20H,1-3,5-6,9-12,31H2,(H,35,39)(H,32,37,41)(H2,34,36,38)/t18-,20-. The number of carbonyl (C=O) groups excluding carboxylic acids is 1. The molecular formula is C29H35FN10O. The number of anilines is 5. The van der Waals surface area contributed by atoms with Gasteiger partial charge >= 0.3 is 0 Å². The molecule has 4 heterocycles. The summed E-state index contributed by atoms with van der Waals surface area (Å²) in [6, 6.07) is 9.95. The van der Waals surface area contributed by atoms with E-state index in [1.54, 1.807) is 0 Å². The minimum atomic E-state index is -0.629. The summed E-state index contributed by atoms with van der Waals surface area (Å²) in [7, 11) is 0. The van der Waals surface area contributed by atoms with Crippen molar-refractivity contribution in [2.45, 2.75) is 75.9 Å². The van der Waals surface area contributed by atoms with Crippen LogP contribution in [0.3, 0.4) is 0 Å². The minimum Gasteiger partial charge on any atom is -0.367 e. The summed E-state index contributed by atoms with van der Waals surface area (Å²) in [5, 5.41) is 17.8. The van der Waals surface area contributed by atoms with E-state index in [0.29, 0.717) is 29.0 Å². The number of nitrogens with one attached hydrogen (secondary N) is 4. The van der Waals surface area contributed by atoms with Crippen molar-refractivity contribution >= 4 is 40.4 Å². The molecule has 2 aliphatic rings. The molecule has 11 nitrogen and oxygen atoms in total. The highest BCUT2D eigenvalue weighted by Crippen LogP contribution is 2.28. The van der Waals surface area contributed by atoms with E-state index in [0.717, 1.165) is 50.5 Å². The fourth-order valence-electron chi connectivity index (χ4n) is 5.60. The van der Waals surface area contributed by atoms with Crippen molar-refractivity contribution in [3.8, 4) is 0 Å². The smallest absolute Gasteiger partial charge is 0.276 e. The maximum atomic E-state index is 14.2. The van der Waals surface area contributed by atoms with Crippen LogP contribution in [0.1, 0.15) is 68.3 Å². The Morgan fingerprint density at radius 1 is 0.902 bits per heavy atom. The minimum absolute atomic E-state index is 0.0256. The zero-order valence-corrected chi connectivity index (χ0v) is 22.8.